The van der Waals surface area contributed by atoms with Gasteiger partial charge in [-0.25, -0.2) is 4.21 Å². The van der Waals surface area contributed by atoms with Crippen LogP contribution in [0.5, 0.6) is 11.5 Å². The first kappa shape index (κ1) is 14.4. The zero-order valence-corrected chi connectivity index (χ0v) is 12.7. The van der Waals surface area contributed by atoms with Gasteiger partial charge in [0.2, 0.25) is 0 Å². The molecule has 0 fully saturated rings. The molecule has 0 bridgehead atoms. The highest BCUT2D eigenvalue weighted by molar-refractivity contribution is 7.94. The molecule has 0 aliphatic carbocycles. The Morgan fingerprint density at radius 2 is 0.909 bits per heavy atom. The third kappa shape index (κ3) is 3.35. The molecule has 0 aromatic heterocycles. The zero-order valence-electron chi connectivity index (χ0n) is 11.8. The lowest BCUT2D eigenvalue weighted by Crippen LogP contribution is -2.26. The van der Waals surface area contributed by atoms with E-state index >= 15 is 0 Å². The molecule has 0 aliphatic rings. The SMILES string of the molecule is O=[SH](Oc1ccccc1)(Oc1ccccc1)c1ccccc1. The molecule has 4 heteroatoms. The Labute approximate surface area is 131 Å². The molecule has 0 atom stereocenters. The van der Waals surface area contributed by atoms with Gasteiger partial charge < -0.3 is 8.37 Å². The maximum Gasteiger partial charge on any atom is 0.174 e. The Hall–Kier alpha value is -2.59. The van der Waals surface area contributed by atoms with Gasteiger partial charge >= 0.3 is 0 Å². The summed E-state index contributed by atoms with van der Waals surface area (Å²) in [5, 5.41) is 0. The fraction of sp³-hybridized carbons (Fsp3) is 0. The predicted molar refractivity (Wildman–Crippen MR) is 88.4 cm³/mol. The number of para-hydroxylation sites is 2. The highest BCUT2D eigenvalue weighted by Gasteiger charge is 2.21. The van der Waals surface area contributed by atoms with Gasteiger partial charge in [0.1, 0.15) is 11.5 Å². The van der Waals surface area contributed by atoms with Crippen LogP contribution >= 0.6 is 0 Å². The minimum atomic E-state index is -3.52. The van der Waals surface area contributed by atoms with Crippen LogP contribution in [-0.4, -0.2) is 4.21 Å². The van der Waals surface area contributed by atoms with E-state index in [9.17, 15) is 4.21 Å². The van der Waals surface area contributed by atoms with E-state index in [-0.39, 0.29) is 0 Å². The van der Waals surface area contributed by atoms with Crippen molar-refractivity contribution in [2.75, 3.05) is 0 Å². The summed E-state index contributed by atoms with van der Waals surface area (Å²) in [7, 11) is -3.52. The molecule has 0 spiro atoms. The van der Waals surface area contributed by atoms with Crippen molar-refractivity contribution in [1.82, 2.24) is 0 Å². The molecule has 0 radical (unpaired) electrons. The first-order valence-electron chi connectivity index (χ1n) is 6.91. The Morgan fingerprint density at radius 3 is 1.32 bits per heavy atom. The van der Waals surface area contributed by atoms with Crippen LogP contribution < -0.4 is 8.37 Å². The highest BCUT2D eigenvalue weighted by atomic mass is 32.3. The van der Waals surface area contributed by atoms with Gasteiger partial charge in [0, 0.05) is 0 Å². The average Bonchev–Trinajstić information content (AvgIpc) is 2.57. The molecule has 0 amide bonds. The smallest absolute Gasteiger partial charge is 0.174 e. The van der Waals surface area contributed by atoms with E-state index in [1.165, 1.54) is 0 Å². The quantitative estimate of drug-likeness (QED) is 0.722. The second-order valence-electron chi connectivity index (χ2n) is 4.64. The van der Waals surface area contributed by atoms with Crippen molar-refractivity contribution in [3.05, 3.63) is 91.0 Å². The molecular weight excluding hydrogens is 296 g/mol. The summed E-state index contributed by atoms with van der Waals surface area (Å²) < 4.78 is 24.8. The van der Waals surface area contributed by atoms with Crippen LogP contribution in [-0.2, 0) is 10.5 Å². The molecule has 3 nitrogen and oxygen atoms in total. The summed E-state index contributed by atoms with van der Waals surface area (Å²) in [6, 6.07) is 27.0. The van der Waals surface area contributed by atoms with E-state index < -0.39 is 10.5 Å². The third-order valence-corrected chi connectivity index (χ3v) is 4.84. The molecule has 3 rings (SSSR count). The lowest BCUT2D eigenvalue weighted by atomic mass is 10.3. The van der Waals surface area contributed by atoms with Crippen molar-refractivity contribution in [2.24, 2.45) is 0 Å². The van der Waals surface area contributed by atoms with E-state index in [0.717, 1.165) is 0 Å². The minimum absolute atomic E-state index is 0.505. The number of benzene rings is 3. The number of thiol groups is 1. The van der Waals surface area contributed by atoms with E-state index in [1.54, 1.807) is 36.4 Å². The van der Waals surface area contributed by atoms with E-state index in [1.807, 2.05) is 54.6 Å². The van der Waals surface area contributed by atoms with Gasteiger partial charge in [-0.15, -0.1) is 0 Å². The highest BCUT2D eigenvalue weighted by Crippen LogP contribution is 2.27. The van der Waals surface area contributed by atoms with E-state index in [0.29, 0.717) is 16.4 Å². The van der Waals surface area contributed by atoms with Crippen LogP contribution in [0, 0.1) is 0 Å². The minimum Gasteiger partial charge on any atom is -0.395 e. The Morgan fingerprint density at radius 1 is 0.545 bits per heavy atom. The summed E-state index contributed by atoms with van der Waals surface area (Å²) in [6.07, 6.45) is 0. The topological polar surface area (TPSA) is 35.5 Å². The molecule has 0 saturated carbocycles. The molecule has 0 saturated heterocycles. The molecule has 0 unspecified atom stereocenters. The van der Waals surface area contributed by atoms with Crippen LogP contribution in [0.2, 0.25) is 0 Å². The van der Waals surface area contributed by atoms with E-state index in [4.69, 9.17) is 8.37 Å². The normalized spacial score (nSPS) is 11.6. The zero-order chi connectivity index (χ0) is 15.3. The van der Waals surface area contributed by atoms with Crippen molar-refractivity contribution >= 4 is 10.5 Å². The summed E-state index contributed by atoms with van der Waals surface area (Å²) in [5.41, 5.74) is 0. The monoisotopic (exact) mass is 312 g/mol. The Bertz CT molecular complexity index is 713. The average molecular weight is 312 g/mol. The lowest BCUT2D eigenvalue weighted by molar-refractivity contribution is 0.434. The van der Waals surface area contributed by atoms with Crippen molar-refractivity contribution in [2.45, 2.75) is 4.90 Å². The van der Waals surface area contributed by atoms with Crippen LogP contribution in [0.25, 0.3) is 0 Å². The molecule has 0 heterocycles. The van der Waals surface area contributed by atoms with Crippen LogP contribution in [0.4, 0.5) is 0 Å². The van der Waals surface area contributed by atoms with Gasteiger partial charge in [-0.1, -0.05) is 54.6 Å². The van der Waals surface area contributed by atoms with Gasteiger partial charge in [0.25, 0.3) is 0 Å². The van der Waals surface area contributed by atoms with Crippen LogP contribution in [0.1, 0.15) is 0 Å². The first-order valence-corrected chi connectivity index (χ1v) is 8.45. The maximum atomic E-state index is 13.3. The fourth-order valence-electron chi connectivity index (χ4n) is 1.97. The number of hydrogen-bond donors (Lipinski definition) is 1. The van der Waals surface area contributed by atoms with Crippen molar-refractivity contribution in [1.29, 1.82) is 0 Å². The first-order chi connectivity index (χ1) is 10.8. The molecule has 3 aromatic carbocycles. The molecule has 0 aliphatic heterocycles. The summed E-state index contributed by atoms with van der Waals surface area (Å²) in [5.74, 6) is 1.01. The van der Waals surface area contributed by atoms with Crippen molar-refractivity contribution in [3.8, 4) is 11.5 Å². The van der Waals surface area contributed by atoms with Crippen molar-refractivity contribution in [3.63, 3.8) is 0 Å². The molecule has 3 aromatic rings. The Kier molecular flexibility index (Phi) is 4.21. The van der Waals surface area contributed by atoms with Gasteiger partial charge in [0.15, 0.2) is 10.5 Å². The lowest BCUT2D eigenvalue weighted by Gasteiger charge is -2.26. The van der Waals surface area contributed by atoms with Crippen molar-refractivity contribution < 1.29 is 12.6 Å². The summed E-state index contributed by atoms with van der Waals surface area (Å²) >= 11 is 0. The summed E-state index contributed by atoms with van der Waals surface area (Å²) in [6.45, 7) is 0. The third-order valence-electron chi connectivity index (χ3n) is 3.01. The molecule has 112 valence electrons. The molecule has 0 N–H and O–H groups in total. The maximum absolute atomic E-state index is 13.3. The number of rotatable bonds is 5. The fourth-order valence-corrected chi connectivity index (χ4v) is 3.56. The van der Waals surface area contributed by atoms with Crippen LogP contribution in [0.3, 0.4) is 0 Å². The van der Waals surface area contributed by atoms with Gasteiger partial charge in [-0.05, 0) is 36.4 Å². The second-order valence-corrected chi connectivity index (χ2v) is 6.52. The standard InChI is InChI=1S/C18H16O3S/c19-22(18-14-8-3-9-15-18,20-16-10-4-1-5-11-16)21-17-12-6-2-7-13-17/h1-15,22H. The van der Waals surface area contributed by atoms with Gasteiger partial charge in [-0.3, -0.25) is 0 Å². The predicted octanol–water partition coefficient (Wildman–Crippen LogP) is 4.05. The number of hydrogen-bond acceptors (Lipinski definition) is 3. The van der Waals surface area contributed by atoms with E-state index in [2.05, 4.69) is 0 Å². The Balaban J connectivity index is 1.97. The van der Waals surface area contributed by atoms with Crippen LogP contribution in [0.15, 0.2) is 95.9 Å². The summed E-state index contributed by atoms with van der Waals surface area (Å²) in [4.78, 5) is 0.516. The van der Waals surface area contributed by atoms with Gasteiger partial charge in [-0.2, -0.15) is 0 Å². The van der Waals surface area contributed by atoms with Gasteiger partial charge in [0.05, 0.1) is 4.90 Å². The molecule has 22 heavy (non-hydrogen) atoms. The molecular formula is C18H16O3S. The second kappa shape index (κ2) is 6.45. The largest absolute Gasteiger partial charge is 0.395 e.